The molecule has 58 heavy (non-hydrogen) atoms. The molecule has 0 bridgehead atoms. The Morgan fingerprint density at radius 1 is 1.02 bits per heavy atom. The van der Waals surface area contributed by atoms with Gasteiger partial charge in [-0.05, 0) is 70.0 Å². The number of hydrogen-bond donors (Lipinski definition) is 2. The van der Waals surface area contributed by atoms with Crippen LogP contribution in [-0.2, 0) is 48.1 Å². The molecule has 0 saturated heterocycles. The van der Waals surface area contributed by atoms with Crippen LogP contribution >= 0.6 is 0 Å². The van der Waals surface area contributed by atoms with Crippen LogP contribution in [0.5, 0.6) is 11.5 Å². The lowest BCUT2D eigenvalue weighted by Crippen LogP contribution is -2.34. The highest BCUT2D eigenvalue weighted by atomic mass is 32.2. The minimum Gasteiger partial charge on any atom is -0.466 e. The number of sulfone groups is 1. The molecule has 2 N–H and O–H groups in total. The number of hydrogen-bond acceptors (Lipinski definition) is 11. The number of ketones is 1. The van der Waals surface area contributed by atoms with Crippen molar-refractivity contribution in [1.82, 2.24) is 25.1 Å². The van der Waals surface area contributed by atoms with Crippen LogP contribution in [0.15, 0.2) is 54.7 Å². The van der Waals surface area contributed by atoms with Gasteiger partial charge in [-0.15, -0.1) is 5.10 Å². The first kappa shape index (κ1) is 43.4. The van der Waals surface area contributed by atoms with E-state index in [1.54, 1.807) is 58.9 Å². The summed E-state index contributed by atoms with van der Waals surface area (Å²) in [6.45, 7) is 8.56. The molecule has 0 saturated carbocycles. The standard InChI is InChI=1S/C40H44F3N5O9S/c1-7-55-38(50)23(2)19-24-9-8-10-25(20-24)34(49)36-46-37(48(6)47-36)28-21-26(11-12-30(28)41)56-35-29(27-13-14-44-33(27)31(42)32(35)43)22-58(52,53)18-17-54-16-15-45-39(51)57-40(3,4)5/h8-14,20-21,23,44H,7,15-19,22H2,1-6H3,(H,45,51)/t23-/m1/s1. The van der Waals surface area contributed by atoms with E-state index in [0.29, 0.717) is 12.0 Å². The number of ether oxygens (including phenoxy) is 4. The Kier molecular flexibility index (Phi) is 13.6. The number of amides is 1. The van der Waals surface area contributed by atoms with Gasteiger partial charge in [0.25, 0.3) is 0 Å². The summed E-state index contributed by atoms with van der Waals surface area (Å²) >= 11 is 0. The van der Waals surface area contributed by atoms with Crippen LogP contribution in [0.25, 0.3) is 22.3 Å². The number of nitrogens with zero attached hydrogens (tertiary/aromatic N) is 3. The van der Waals surface area contributed by atoms with Gasteiger partial charge in [-0.3, -0.25) is 9.59 Å². The normalized spacial score (nSPS) is 12.4. The molecule has 0 aliphatic rings. The Morgan fingerprint density at radius 2 is 1.78 bits per heavy atom. The van der Waals surface area contributed by atoms with E-state index in [1.165, 1.54) is 24.0 Å². The number of aromatic amines is 1. The molecule has 310 valence electrons. The number of carbonyl (C=O) groups excluding carboxylic acids is 3. The Balaban J connectivity index is 1.35. The number of benzene rings is 3. The van der Waals surface area contributed by atoms with Crippen molar-refractivity contribution in [3.8, 4) is 22.9 Å². The van der Waals surface area contributed by atoms with Crippen LogP contribution in [0.2, 0.25) is 0 Å². The highest BCUT2D eigenvalue weighted by Gasteiger charge is 2.28. The van der Waals surface area contributed by atoms with E-state index in [4.69, 9.17) is 18.9 Å². The molecule has 0 radical (unpaired) electrons. The first-order valence-corrected chi connectivity index (χ1v) is 20.1. The molecular formula is C40H44F3N5O9S. The SMILES string of the molecule is CCOC(=O)[C@H](C)Cc1cccc(C(=O)c2nc(-c3cc(Oc4c(F)c(F)c5[nH]ccc5c4CS(=O)(=O)CCOCCNC(=O)OC(C)(C)C)ccc3F)n(C)n2)c1. The summed E-state index contributed by atoms with van der Waals surface area (Å²) in [5.41, 5.74) is -0.459. The summed E-state index contributed by atoms with van der Waals surface area (Å²) < 4.78 is 95.6. The summed E-state index contributed by atoms with van der Waals surface area (Å²) in [7, 11) is -2.60. The molecular weight excluding hydrogens is 784 g/mol. The van der Waals surface area contributed by atoms with Gasteiger partial charge in [0.2, 0.25) is 17.4 Å². The predicted molar refractivity (Wildman–Crippen MR) is 207 cm³/mol. The zero-order valence-electron chi connectivity index (χ0n) is 32.8. The lowest BCUT2D eigenvalue weighted by molar-refractivity contribution is -0.147. The highest BCUT2D eigenvalue weighted by molar-refractivity contribution is 7.90. The number of fused-ring (bicyclic) bond motifs is 1. The third-order valence-electron chi connectivity index (χ3n) is 8.56. The maximum Gasteiger partial charge on any atom is 0.407 e. The molecule has 0 aliphatic heterocycles. The first-order valence-electron chi connectivity index (χ1n) is 18.3. The van der Waals surface area contributed by atoms with Crippen molar-refractivity contribution >= 4 is 38.6 Å². The molecule has 2 heterocycles. The van der Waals surface area contributed by atoms with Gasteiger partial charge in [0.15, 0.2) is 27.2 Å². The fraction of sp³-hybridized carbons (Fsp3) is 0.375. The van der Waals surface area contributed by atoms with E-state index in [0.717, 1.165) is 18.2 Å². The Labute approximate surface area is 332 Å². The van der Waals surface area contributed by atoms with Crippen molar-refractivity contribution in [2.75, 3.05) is 32.1 Å². The van der Waals surface area contributed by atoms with Gasteiger partial charge in [0.05, 0.1) is 48.3 Å². The number of alkyl carbamates (subject to hydrolysis) is 1. The van der Waals surface area contributed by atoms with Gasteiger partial charge in [0.1, 0.15) is 17.2 Å². The van der Waals surface area contributed by atoms with Gasteiger partial charge in [-0.2, -0.15) is 4.39 Å². The van der Waals surface area contributed by atoms with Crippen molar-refractivity contribution < 1.29 is 54.9 Å². The maximum atomic E-state index is 15.7. The van der Waals surface area contributed by atoms with Gasteiger partial charge in [-0.1, -0.05) is 25.1 Å². The lowest BCUT2D eigenvalue weighted by atomic mass is 9.98. The zero-order valence-corrected chi connectivity index (χ0v) is 33.6. The van der Waals surface area contributed by atoms with Gasteiger partial charge < -0.3 is 29.2 Å². The van der Waals surface area contributed by atoms with Crippen LogP contribution in [0.4, 0.5) is 18.0 Å². The summed E-state index contributed by atoms with van der Waals surface area (Å²) in [6.07, 6.45) is 0.975. The molecule has 1 atom stereocenters. The van der Waals surface area contributed by atoms with Gasteiger partial charge >= 0.3 is 12.1 Å². The number of aromatic nitrogens is 4. The number of nitrogens with one attached hydrogen (secondary N) is 2. The number of rotatable bonds is 17. The van der Waals surface area contributed by atoms with Gasteiger partial charge in [-0.25, -0.2) is 31.7 Å². The fourth-order valence-corrected chi connectivity index (χ4v) is 7.14. The highest BCUT2D eigenvalue weighted by Crippen LogP contribution is 2.39. The molecule has 1 amide bonds. The minimum absolute atomic E-state index is 0.0183. The lowest BCUT2D eigenvalue weighted by Gasteiger charge is -2.19. The molecule has 0 fully saturated rings. The average Bonchev–Trinajstić information content (AvgIpc) is 3.80. The molecule has 0 aliphatic carbocycles. The molecule has 5 rings (SSSR count). The number of carbonyl (C=O) groups is 3. The Morgan fingerprint density at radius 3 is 2.50 bits per heavy atom. The van der Waals surface area contributed by atoms with E-state index < -0.39 is 67.9 Å². The van der Waals surface area contributed by atoms with Gasteiger partial charge in [0, 0.05) is 36.3 Å². The summed E-state index contributed by atoms with van der Waals surface area (Å²) in [5.74, 6) is -7.61. The van der Waals surface area contributed by atoms with E-state index in [2.05, 4.69) is 20.4 Å². The van der Waals surface area contributed by atoms with Crippen LogP contribution < -0.4 is 10.1 Å². The number of halogens is 3. The molecule has 0 unspecified atom stereocenters. The molecule has 18 heteroatoms. The molecule has 0 spiro atoms. The first-order chi connectivity index (χ1) is 27.4. The number of H-pyrrole nitrogens is 1. The molecule has 5 aromatic rings. The van der Waals surface area contributed by atoms with E-state index in [9.17, 15) is 22.8 Å². The van der Waals surface area contributed by atoms with Crippen LogP contribution in [0, 0.1) is 23.4 Å². The van der Waals surface area contributed by atoms with Crippen molar-refractivity contribution in [2.24, 2.45) is 13.0 Å². The van der Waals surface area contributed by atoms with Crippen LogP contribution in [-0.4, -0.2) is 83.7 Å². The minimum atomic E-state index is -4.04. The second kappa shape index (κ2) is 18.2. The van der Waals surface area contributed by atoms with E-state index in [1.807, 2.05) is 0 Å². The molecule has 3 aromatic carbocycles. The van der Waals surface area contributed by atoms with Crippen LogP contribution in [0.1, 0.15) is 61.9 Å². The van der Waals surface area contributed by atoms with Crippen molar-refractivity contribution in [3.63, 3.8) is 0 Å². The maximum absolute atomic E-state index is 15.7. The third kappa shape index (κ3) is 10.8. The second-order valence-corrected chi connectivity index (χ2v) is 16.5. The second-order valence-electron chi connectivity index (χ2n) is 14.3. The predicted octanol–water partition coefficient (Wildman–Crippen LogP) is 6.60. The quantitative estimate of drug-likeness (QED) is 0.0586. The summed E-state index contributed by atoms with van der Waals surface area (Å²) in [4.78, 5) is 44.3. The summed E-state index contributed by atoms with van der Waals surface area (Å²) in [5, 5.41) is 6.72. The zero-order chi connectivity index (χ0) is 42.4. The molecule has 2 aromatic heterocycles. The Hall–Kier alpha value is -5.75. The third-order valence-corrected chi connectivity index (χ3v) is 10.1. The topological polar surface area (TPSA) is 181 Å². The van der Waals surface area contributed by atoms with Crippen molar-refractivity contribution in [2.45, 2.75) is 52.4 Å². The van der Waals surface area contributed by atoms with Crippen LogP contribution in [0.3, 0.4) is 0 Å². The smallest absolute Gasteiger partial charge is 0.407 e. The Bertz CT molecular complexity index is 2430. The van der Waals surface area contributed by atoms with Crippen molar-refractivity contribution in [1.29, 1.82) is 0 Å². The average molecular weight is 828 g/mol. The largest absolute Gasteiger partial charge is 0.466 e. The van der Waals surface area contributed by atoms with E-state index >= 15 is 13.2 Å². The monoisotopic (exact) mass is 827 g/mol. The van der Waals surface area contributed by atoms with E-state index in [-0.39, 0.29) is 77.3 Å². The van der Waals surface area contributed by atoms with Crippen molar-refractivity contribution in [3.05, 3.63) is 94.7 Å². The fourth-order valence-electron chi connectivity index (χ4n) is 5.90. The number of esters is 1. The summed E-state index contributed by atoms with van der Waals surface area (Å²) in [6, 6.07) is 11.2. The number of aryl methyl sites for hydroxylation is 1. The molecule has 14 nitrogen and oxygen atoms in total.